The highest BCUT2D eigenvalue weighted by Gasteiger charge is 2.22. The molecule has 1 saturated heterocycles. The molecule has 8 nitrogen and oxygen atoms in total. The molecule has 4 rings (SSSR count). The van der Waals surface area contributed by atoms with Crippen LogP contribution in [0.5, 0.6) is 11.5 Å². The van der Waals surface area contributed by atoms with Crippen molar-refractivity contribution in [2.45, 2.75) is 32.2 Å². The molecule has 0 saturated carbocycles. The van der Waals surface area contributed by atoms with Gasteiger partial charge in [-0.25, -0.2) is 0 Å². The molecule has 2 heterocycles. The van der Waals surface area contributed by atoms with E-state index in [1.54, 1.807) is 30.5 Å². The molecule has 3 aromatic rings. The van der Waals surface area contributed by atoms with Crippen LogP contribution >= 0.6 is 0 Å². The average Bonchev–Trinajstić information content (AvgIpc) is 3.41. The van der Waals surface area contributed by atoms with Crippen molar-refractivity contribution in [3.63, 3.8) is 0 Å². The highest BCUT2D eigenvalue weighted by Crippen LogP contribution is 2.36. The van der Waals surface area contributed by atoms with Gasteiger partial charge in [-0.1, -0.05) is 12.1 Å². The molecule has 10 heteroatoms. The van der Waals surface area contributed by atoms with Gasteiger partial charge in [-0.15, -0.1) is 0 Å². The van der Waals surface area contributed by atoms with Gasteiger partial charge in [0.1, 0.15) is 0 Å². The van der Waals surface area contributed by atoms with Crippen LogP contribution in [0.3, 0.4) is 0 Å². The van der Waals surface area contributed by atoms with Crippen molar-refractivity contribution in [3.8, 4) is 22.8 Å². The molecule has 1 unspecified atom stereocenters. The Kier molecular flexibility index (Phi) is 6.08. The van der Waals surface area contributed by atoms with Crippen LogP contribution in [0.4, 0.5) is 14.5 Å². The number of nitro groups is 1. The molecule has 0 amide bonds. The fourth-order valence-corrected chi connectivity index (χ4v) is 3.38. The van der Waals surface area contributed by atoms with Crippen LogP contribution in [0.25, 0.3) is 11.3 Å². The first kappa shape index (κ1) is 20.7. The fourth-order valence-electron chi connectivity index (χ4n) is 3.38. The number of aromatic amines is 1. The molecule has 1 aliphatic rings. The Bertz CT molecular complexity index is 1050. The van der Waals surface area contributed by atoms with E-state index in [9.17, 15) is 18.9 Å². The van der Waals surface area contributed by atoms with Gasteiger partial charge in [-0.05, 0) is 30.2 Å². The van der Waals surface area contributed by atoms with Crippen LogP contribution in [-0.4, -0.2) is 34.6 Å². The van der Waals surface area contributed by atoms with E-state index in [-0.39, 0.29) is 17.2 Å². The van der Waals surface area contributed by atoms with Crippen molar-refractivity contribution in [2.24, 2.45) is 0 Å². The third kappa shape index (κ3) is 4.97. The van der Waals surface area contributed by atoms with Crippen LogP contribution in [-0.2, 0) is 11.2 Å². The minimum absolute atomic E-state index is 0.0155. The Morgan fingerprint density at radius 3 is 2.71 bits per heavy atom. The zero-order valence-corrected chi connectivity index (χ0v) is 16.3. The van der Waals surface area contributed by atoms with Gasteiger partial charge in [0.05, 0.1) is 17.2 Å². The van der Waals surface area contributed by atoms with Crippen LogP contribution in [0, 0.1) is 10.1 Å². The highest BCUT2D eigenvalue weighted by molar-refractivity contribution is 5.67. The van der Waals surface area contributed by atoms with Gasteiger partial charge >= 0.3 is 6.61 Å². The van der Waals surface area contributed by atoms with Gasteiger partial charge < -0.3 is 14.2 Å². The second-order valence-electron chi connectivity index (χ2n) is 6.96. The van der Waals surface area contributed by atoms with Crippen LogP contribution in [0.1, 0.15) is 24.0 Å². The Labute approximate surface area is 175 Å². The van der Waals surface area contributed by atoms with Gasteiger partial charge in [0.2, 0.25) is 0 Å². The molecule has 0 spiro atoms. The number of alkyl halides is 2. The zero-order chi connectivity index (χ0) is 21.8. The second kappa shape index (κ2) is 9.09. The number of benzene rings is 2. The fraction of sp³-hybridized carbons (Fsp3) is 0.286. The third-order valence-corrected chi connectivity index (χ3v) is 4.84. The molecule has 31 heavy (non-hydrogen) atoms. The predicted octanol–water partition coefficient (Wildman–Crippen LogP) is 4.69. The number of hydrogen-bond acceptors (Lipinski definition) is 6. The number of nitrogens with one attached hydrogen (secondary N) is 1. The van der Waals surface area contributed by atoms with Crippen molar-refractivity contribution in [2.75, 3.05) is 6.61 Å². The van der Waals surface area contributed by atoms with Crippen LogP contribution in [0.2, 0.25) is 0 Å². The molecular formula is C21H19F2N3O5. The number of H-pyrrole nitrogens is 1. The molecule has 162 valence electrons. The third-order valence-electron chi connectivity index (χ3n) is 4.84. The molecule has 2 aromatic carbocycles. The maximum absolute atomic E-state index is 12.8. The van der Waals surface area contributed by atoms with E-state index in [4.69, 9.17) is 9.47 Å². The van der Waals surface area contributed by atoms with Gasteiger partial charge in [0, 0.05) is 42.3 Å². The maximum atomic E-state index is 12.8. The predicted molar refractivity (Wildman–Crippen MR) is 106 cm³/mol. The first-order valence-corrected chi connectivity index (χ1v) is 9.63. The molecule has 1 aromatic heterocycles. The molecule has 0 aliphatic carbocycles. The minimum atomic E-state index is -2.99. The maximum Gasteiger partial charge on any atom is 0.387 e. The van der Waals surface area contributed by atoms with Crippen molar-refractivity contribution >= 4 is 5.69 Å². The van der Waals surface area contributed by atoms with E-state index in [1.807, 2.05) is 0 Å². The van der Waals surface area contributed by atoms with Crippen molar-refractivity contribution in [1.29, 1.82) is 0 Å². The molecular weight excluding hydrogens is 412 g/mol. The monoisotopic (exact) mass is 431 g/mol. The lowest BCUT2D eigenvalue weighted by Crippen LogP contribution is -2.15. The van der Waals surface area contributed by atoms with E-state index >= 15 is 0 Å². The Morgan fingerprint density at radius 1 is 1.23 bits per heavy atom. The van der Waals surface area contributed by atoms with Crippen molar-refractivity contribution in [1.82, 2.24) is 10.2 Å². The van der Waals surface area contributed by atoms with E-state index in [0.717, 1.165) is 17.5 Å². The quantitative estimate of drug-likeness (QED) is 0.410. The standard InChI is InChI=1S/C21H19F2N3O5/c22-21(23)31-17-8-5-14(11-18(17)30-19-2-1-9-29-19)20-15(12-24-25-20)10-13-3-6-16(7-4-13)26(27)28/h3-8,11-12,19,21H,1-2,9-10H2,(H,24,25). The first-order chi connectivity index (χ1) is 15.0. The Hall–Kier alpha value is -3.53. The summed E-state index contributed by atoms with van der Waals surface area (Å²) >= 11 is 0. The summed E-state index contributed by atoms with van der Waals surface area (Å²) in [6, 6.07) is 10.9. The molecule has 0 radical (unpaired) electrons. The molecule has 1 atom stereocenters. The summed E-state index contributed by atoms with van der Waals surface area (Å²) < 4.78 is 41.4. The summed E-state index contributed by atoms with van der Waals surface area (Å²) in [5.74, 6) is 0.0655. The largest absolute Gasteiger partial charge is 0.461 e. The molecule has 1 aliphatic heterocycles. The van der Waals surface area contributed by atoms with Gasteiger partial charge in [0.25, 0.3) is 5.69 Å². The number of nitrogens with zero attached hydrogens (tertiary/aromatic N) is 2. The Morgan fingerprint density at radius 2 is 2.03 bits per heavy atom. The molecule has 1 N–H and O–H groups in total. The van der Waals surface area contributed by atoms with Gasteiger partial charge in [0.15, 0.2) is 17.8 Å². The summed E-state index contributed by atoms with van der Waals surface area (Å²) in [5.41, 5.74) is 2.97. The summed E-state index contributed by atoms with van der Waals surface area (Å²) in [6.07, 6.45) is 3.16. The number of non-ortho nitro benzene ring substituents is 1. The SMILES string of the molecule is O=[N+]([O-])c1ccc(Cc2c[nH]nc2-c2ccc(OC(F)F)c(OC3CCCO3)c2)cc1. The first-order valence-electron chi connectivity index (χ1n) is 9.63. The van der Waals surface area contributed by atoms with E-state index in [2.05, 4.69) is 14.9 Å². The summed E-state index contributed by atoms with van der Waals surface area (Å²) in [6.45, 7) is -2.44. The van der Waals surface area contributed by atoms with Crippen LogP contribution in [0.15, 0.2) is 48.7 Å². The second-order valence-corrected chi connectivity index (χ2v) is 6.96. The Balaban J connectivity index is 1.60. The molecule has 0 bridgehead atoms. The summed E-state index contributed by atoms with van der Waals surface area (Å²) in [4.78, 5) is 10.4. The van der Waals surface area contributed by atoms with E-state index in [0.29, 0.717) is 30.7 Å². The minimum Gasteiger partial charge on any atom is -0.461 e. The highest BCUT2D eigenvalue weighted by atomic mass is 19.3. The number of nitro benzene ring substituents is 1. The smallest absolute Gasteiger partial charge is 0.387 e. The normalized spacial score (nSPS) is 15.9. The number of halogens is 2. The lowest BCUT2D eigenvalue weighted by Gasteiger charge is -2.17. The number of hydrogen-bond donors (Lipinski definition) is 1. The van der Waals surface area contributed by atoms with Gasteiger partial charge in [-0.3, -0.25) is 15.2 Å². The number of aromatic nitrogens is 2. The number of rotatable bonds is 8. The summed E-state index contributed by atoms with van der Waals surface area (Å²) in [7, 11) is 0. The average molecular weight is 431 g/mol. The zero-order valence-electron chi connectivity index (χ0n) is 16.3. The lowest BCUT2D eigenvalue weighted by atomic mass is 10.0. The van der Waals surface area contributed by atoms with Crippen molar-refractivity contribution < 1.29 is 27.9 Å². The van der Waals surface area contributed by atoms with Gasteiger partial charge in [-0.2, -0.15) is 13.9 Å². The molecule has 1 fully saturated rings. The van der Waals surface area contributed by atoms with E-state index in [1.165, 1.54) is 18.2 Å². The van der Waals surface area contributed by atoms with Crippen molar-refractivity contribution in [3.05, 3.63) is 69.9 Å². The number of ether oxygens (including phenoxy) is 3. The summed E-state index contributed by atoms with van der Waals surface area (Å²) in [5, 5.41) is 17.9. The topological polar surface area (TPSA) is 99.5 Å². The van der Waals surface area contributed by atoms with Crippen LogP contribution < -0.4 is 9.47 Å². The lowest BCUT2D eigenvalue weighted by molar-refractivity contribution is -0.384. The van der Waals surface area contributed by atoms with E-state index < -0.39 is 17.8 Å².